The number of carbonyl (C=O) groups is 1. The van der Waals surface area contributed by atoms with Crippen LogP contribution in [-0.4, -0.2) is 35.4 Å². The fourth-order valence-electron chi connectivity index (χ4n) is 2.54. The predicted octanol–water partition coefficient (Wildman–Crippen LogP) is 1.71. The monoisotopic (exact) mass is 277 g/mol. The van der Waals surface area contributed by atoms with E-state index in [1.807, 2.05) is 0 Å². The molecule has 2 rings (SSSR count). The fourth-order valence-corrected chi connectivity index (χ4v) is 2.54. The van der Waals surface area contributed by atoms with Crippen molar-refractivity contribution in [2.24, 2.45) is 11.1 Å². The Morgan fingerprint density at radius 1 is 1.55 bits per heavy atom. The number of hydrogen-bond donors (Lipinski definition) is 1. The lowest BCUT2D eigenvalue weighted by molar-refractivity contribution is -0.385. The highest BCUT2D eigenvalue weighted by Gasteiger charge is 2.35. The first-order chi connectivity index (χ1) is 9.36. The maximum absolute atomic E-state index is 12.4. The molecule has 1 aromatic rings. The number of nitrogens with zero attached hydrogens (tertiary/aromatic N) is 2. The van der Waals surface area contributed by atoms with Crippen molar-refractivity contribution in [2.75, 3.05) is 19.6 Å². The molecular weight excluding hydrogens is 258 g/mol. The van der Waals surface area contributed by atoms with Gasteiger partial charge in [-0.05, 0) is 37.4 Å². The summed E-state index contributed by atoms with van der Waals surface area (Å²) in [6, 6.07) is 4.49. The molecule has 0 spiro atoms. The molecule has 1 aliphatic rings. The average molecular weight is 277 g/mol. The van der Waals surface area contributed by atoms with Crippen LogP contribution >= 0.6 is 0 Å². The maximum Gasteiger partial charge on any atom is 0.272 e. The van der Waals surface area contributed by atoms with Gasteiger partial charge in [-0.3, -0.25) is 14.9 Å². The lowest BCUT2D eigenvalue weighted by Crippen LogP contribution is -2.34. The molecule has 1 aliphatic heterocycles. The molecule has 1 fully saturated rings. The molecule has 0 aromatic heterocycles. The molecule has 6 heteroatoms. The minimum atomic E-state index is -0.440. The number of carbonyl (C=O) groups excluding carboxylic acids is 1. The molecule has 1 amide bonds. The molecule has 1 heterocycles. The van der Waals surface area contributed by atoms with Crippen LogP contribution in [0.5, 0.6) is 0 Å². The van der Waals surface area contributed by atoms with Gasteiger partial charge in [0.2, 0.25) is 0 Å². The van der Waals surface area contributed by atoms with E-state index in [1.165, 1.54) is 12.1 Å². The normalized spacial score (nSPS) is 22.1. The summed E-state index contributed by atoms with van der Waals surface area (Å²) >= 11 is 0. The molecule has 1 unspecified atom stereocenters. The SMILES string of the molecule is Cc1cc(C(=O)N2CCC(C)(CN)C2)ccc1[N+](=O)[O-]. The van der Waals surface area contributed by atoms with Gasteiger partial charge in [-0.1, -0.05) is 6.92 Å². The summed E-state index contributed by atoms with van der Waals surface area (Å²) in [5, 5.41) is 10.8. The molecule has 108 valence electrons. The Hall–Kier alpha value is -1.95. The predicted molar refractivity (Wildman–Crippen MR) is 75.5 cm³/mol. The average Bonchev–Trinajstić information content (AvgIpc) is 2.81. The van der Waals surface area contributed by atoms with Crippen LogP contribution < -0.4 is 5.73 Å². The van der Waals surface area contributed by atoms with Crippen molar-refractivity contribution in [1.82, 2.24) is 4.90 Å². The van der Waals surface area contributed by atoms with E-state index in [0.717, 1.165) is 6.42 Å². The zero-order valence-electron chi connectivity index (χ0n) is 11.8. The quantitative estimate of drug-likeness (QED) is 0.672. The summed E-state index contributed by atoms with van der Waals surface area (Å²) in [5.74, 6) is -0.0832. The summed E-state index contributed by atoms with van der Waals surface area (Å²) in [7, 11) is 0. The van der Waals surface area contributed by atoms with E-state index < -0.39 is 4.92 Å². The number of nitrogens with two attached hydrogens (primary N) is 1. The summed E-state index contributed by atoms with van der Waals surface area (Å²) in [4.78, 5) is 24.5. The number of hydrogen-bond acceptors (Lipinski definition) is 4. The lowest BCUT2D eigenvalue weighted by Gasteiger charge is -2.22. The zero-order chi connectivity index (χ0) is 14.9. The summed E-state index contributed by atoms with van der Waals surface area (Å²) in [5.41, 5.74) is 6.74. The molecular formula is C14H19N3O3. The minimum Gasteiger partial charge on any atom is -0.338 e. The molecule has 1 saturated heterocycles. The van der Waals surface area contributed by atoms with Gasteiger partial charge in [0.25, 0.3) is 11.6 Å². The van der Waals surface area contributed by atoms with Crippen LogP contribution in [0.3, 0.4) is 0 Å². The molecule has 20 heavy (non-hydrogen) atoms. The lowest BCUT2D eigenvalue weighted by atomic mass is 9.90. The molecule has 1 atom stereocenters. The molecule has 1 aromatic carbocycles. The largest absolute Gasteiger partial charge is 0.338 e. The van der Waals surface area contributed by atoms with Crippen LogP contribution in [-0.2, 0) is 0 Å². The highest BCUT2D eigenvalue weighted by Crippen LogP contribution is 2.30. The maximum atomic E-state index is 12.4. The second-order valence-corrected chi connectivity index (χ2v) is 5.75. The van der Waals surface area contributed by atoms with Crippen molar-refractivity contribution in [2.45, 2.75) is 20.3 Å². The van der Waals surface area contributed by atoms with Gasteiger partial charge in [0.15, 0.2) is 0 Å². The zero-order valence-corrected chi connectivity index (χ0v) is 11.8. The Morgan fingerprint density at radius 2 is 2.25 bits per heavy atom. The van der Waals surface area contributed by atoms with Gasteiger partial charge in [-0.25, -0.2) is 0 Å². The van der Waals surface area contributed by atoms with E-state index in [-0.39, 0.29) is 17.0 Å². The van der Waals surface area contributed by atoms with E-state index in [4.69, 9.17) is 5.73 Å². The Morgan fingerprint density at radius 3 is 2.75 bits per heavy atom. The Labute approximate surface area is 117 Å². The van der Waals surface area contributed by atoms with Crippen molar-refractivity contribution in [3.63, 3.8) is 0 Å². The summed E-state index contributed by atoms with van der Waals surface area (Å²) < 4.78 is 0. The van der Waals surface area contributed by atoms with E-state index >= 15 is 0 Å². The first-order valence-electron chi connectivity index (χ1n) is 6.61. The number of nitro benzene ring substituents is 1. The highest BCUT2D eigenvalue weighted by atomic mass is 16.6. The minimum absolute atomic E-state index is 0.0223. The fraction of sp³-hybridized carbons (Fsp3) is 0.500. The van der Waals surface area contributed by atoms with Crippen LogP contribution in [0.4, 0.5) is 5.69 Å². The third-order valence-corrected chi connectivity index (χ3v) is 3.98. The number of benzene rings is 1. The van der Waals surface area contributed by atoms with Gasteiger partial charge in [0.1, 0.15) is 0 Å². The van der Waals surface area contributed by atoms with Crippen LogP contribution in [0.25, 0.3) is 0 Å². The molecule has 0 radical (unpaired) electrons. The van der Waals surface area contributed by atoms with E-state index in [0.29, 0.717) is 30.8 Å². The smallest absolute Gasteiger partial charge is 0.272 e. The molecule has 0 aliphatic carbocycles. The second-order valence-electron chi connectivity index (χ2n) is 5.75. The van der Waals surface area contributed by atoms with Gasteiger partial charge in [0, 0.05) is 30.3 Å². The number of aryl methyl sites for hydroxylation is 1. The topological polar surface area (TPSA) is 89.5 Å². The van der Waals surface area contributed by atoms with Crippen LogP contribution in [0, 0.1) is 22.5 Å². The number of amides is 1. The first-order valence-corrected chi connectivity index (χ1v) is 6.61. The second kappa shape index (κ2) is 5.20. The molecule has 2 N–H and O–H groups in total. The van der Waals surface area contributed by atoms with Gasteiger partial charge in [-0.2, -0.15) is 0 Å². The molecule has 6 nitrogen and oxygen atoms in total. The first kappa shape index (κ1) is 14.5. The van der Waals surface area contributed by atoms with Crippen molar-refractivity contribution < 1.29 is 9.72 Å². The third kappa shape index (κ3) is 2.65. The Balaban J connectivity index is 2.19. The van der Waals surface area contributed by atoms with Gasteiger partial charge in [0.05, 0.1) is 4.92 Å². The van der Waals surface area contributed by atoms with Crippen LogP contribution in [0.2, 0.25) is 0 Å². The standard InChI is InChI=1S/C14H19N3O3/c1-10-7-11(3-4-12(10)17(19)20)13(18)16-6-5-14(2,8-15)9-16/h3-4,7H,5-6,8-9,15H2,1-2H3. The number of rotatable bonds is 3. The van der Waals surface area contributed by atoms with Gasteiger partial charge in [-0.15, -0.1) is 0 Å². The summed E-state index contributed by atoms with van der Waals surface area (Å²) in [6.45, 7) is 5.58. The van der Waals surface area contributed by atoms with E-state index in [2.05, 4.69) is 6.92 Å². The van der Waals surface area contributed by atoms with E-state index in [1.54, 1.807) is 17.9 Å². The third-order valence-electron chi connectivity index (χ3n) is 3.98. The van der Waals surface area contributed by atoms with E-state index in [9.17, 15) is 14.9 Å². The molecule has 0 saturated carbocycles. The summed E-state index contributed by atoms with van der Waals surface area (Å²) in [6.07, 6.45) is 0.890. The van der Waals surface area contributed by atoms with Gasteiger partial charge < -0.3 is 10.6 Å². The van der Waals surface area contributed by atoms with Crippen LogP contribution in [0.1, 0.15) is 29.3 Å². The van der Waals surface area contributed by atoms with Crippen molar-refractivity contribution >= 4 is 11.6 Å². The molecule has 0 bridgehead atoms. The van der Waals surface area contributed by atoms with Crippen LogP contribution in [0.15, 0.2) is 18.2 Å². The number of likely N-dealkylation sites (tertiary alicyclic amines) is 1. The highest BCUT2D eigenvalue weighted by molar-refractivity contribution is 5.95. The Bertz CT molecular complexity index is 559. The number of nitro groups is 1. The van der Waals surface area contributed by atoms with Crippen molar-refractivity contribution in [3.8, 4) is 0 Å². The van der Waals surface area contributed by atoms with Crippen molar-refractivity contribution in [1.29, 1.82) is 0 Å². The Kier molecular flexibility index (Phi) is 3.76. The van der Waals surface area contributed by atoms with Crippen molar-refractivity contribution in [3.05, 3.63) is 39.4 Å². The van der Waals surface area contributed by atoms with Gasteiger partial charge >= 0.3 is 0 Å².